The van der Waals surface area contributed by atoms with Crippen molar-refractivity contribution in [3.8, 4) is 5.75 Å². The lowest BCUT2D eigenvalue weighted by Crippen LogP contribution is -2.64. The first kappa shape index (κ1) is 37.0. The molecule has 1 amide bonds. The maximum absolute atomic E-state index is 13.6. The lowest BCUT2D eigenvalue weighted by molar-refractivity contribution is -0.255. The molecule has 11 heteroatoms. The molecule has 1 N–H and O–H groups in total. The number of halogens is 1. The first-order valence-corrected chi connectivity index (χ1v) is 21.2. The number of nitrogens with one attached hydrogen (secondary N) is 1. The van der Waals surface area contributed by atoms with Crippen LogP contribution >= 0.6 is 11.6 Å². The number of ether oxygens (including phenoxy) is 3. The van der Waals surface area contributed by atoms with Crippen LogP contribution in [-0.2, 0) is 32.5 Å². The van der Waals surface area contributed by atoms with Crippen molar-refractivity contribution < 1.29 is 27.4 Å². The molecule has 51 heavy (non-hydrogen) atoms. The van der Waals surface area contributed by atoms with Gasteiger partial charge >= 0.3 is 0 Å². The number of nitrogens with zero attached hydrogens (tertiary/aromatic N) is 2. The summed E-state index contributed by atoms with van der Waals surface area (Å²) in [6, 6.07) is 11.6. The van der Waals surface area contributed by atoms with Crippen LogP contribution in [0.25, 0.3) is 0 Å². The Morgan fingerprint density at radius 1 is 0.902 bits per heavy atom. The number of carbonyl (C=O) groups is 1. The Kier molecular flexibility index (Phi) is 11.0. The highest BCUT2D eigenvalue weighted by Crippen LogP contribution is 2.47. The summed E-state index contributed by atoms with van der Waals surface area (Å²) in [6.45, 7) is 12.7. The molecule has 5 atom stereocenters. The number of carbonyl (C=O) groups excluding carboxylic acids is 1. The molecule has 1 aliphatic carbocycles. The van der Waals surface area contributed by atoms with Crippen molar-refractivity contribution in [2.75, 3.05) is 37.7 Å². The zero-order chi connectivity index (χ0) is 35.9. The van der Waals surface area contributed by atoms with E-state index in [1.165, 1.54) is 12.0 Å². The highest BCUT2D eigenvalue weighted by Gasteiger charge is 2.46. The molecule has 3 fully saturated rings. The van der Waals surface area contributed by atoms with Crippen molar-refractivity contribution >= 4 is 33.2 Å². The molecule has 2 saturated heterocycles. The van der Waals surface area contributed by atoms with Crippen molar-refractivity contribution in [2.45, 2.75) is 115 Å². The maximum Gasteiger partial charge on any atom is 0.264 e. The Balaban J connectivity index is 1.19. The second-order valence-electron chi connectivity index (χ2n) is 16.5. The van der Waals surface area contributed by atoms with Crippen molar-refractivity contribution in [1.29, 1.82) is 0 Å². The molecule has 2 bridgehead atoms. The van der Waals surface area contributed by atoms with Gasteiger partial charge in [0.1, 0.15) is 12.4 Å². The van der Waals surface area contributed by atoms with Gasteiger partial charge in [-0.3, -0.25) is 9.69 Å². The second-order valence-corrected chi connectivity index (χ2v) is 19.0. The number of aryl methyl sites for hydroxylation is 1. The number of fused-ring (bicyclic) bond motifs is 3. The Morgan fingerprint density at radius 3 is 2.41 bits per heavy atom. The summed E-state index contributed by atoms with van der Waals surface area (Å²) in [5, 5.41) is 0.00108. The van der Waals surface area contributed by atoms with E-state index in [4.69, 9.17) is 25.8 Å². The average Bonchev–Trinajstić information content (AvgIpc) is 3.11. The van der Waals surface area contributed by atoms with Gasteiger partial charge in [-0.1, -0.05) is 31.0 Å². The molecule has 2 aromatic carbocycles. The highest BCUT2D eigenvalue weighted by atomic mass is 35.5. The van der Waals surface area contributed by atoms with Gasteiger partial charge in [0.2, 0.25) is 10.0 Å². The molecule has 9 nitrogen and oxygen atoms in total. The number of benzene rings is 2. The third-order valence-electron chi connectivity index (χ3n) is 12.9. The van der Waals surface area contributed by atoms with Crippen molar-refractivity contribution in [3.63, 3.8) is 0 Å². The zero-order valence-electron chi connectivity index (χ0n) is 30.7. The van der Waals surface area contributed by atoms with Crippen LogP contribution in [0.5, 0.6) is 5.75 Å². The summed E-state index contributed by atoms with van der Waals surface area (Å²) in [7, 11) is -3.91. The van der Waals surface area contributed by atoms with Gasteiger partial charge in [-0.25, -0.2) is 13.1 Å². The number of likely N-dealkylation sites (tertiary alicyclic amines) is 1. The summed E-state index contributed by atoms with van der Waals surface area (Å²) >= 11 is 6.39. The van der Waals surface area contributed by atoms with Gasteiger partial charge in [-0.05, 0) is 131 Å². The van der Waals surface area contributed by atoms with Crippen molar-refractivity contribution in [3.05, 3.63) is 58.1 Å². The average molecular weight is 742 g/mol. The van der Waals surface area contributed by atoms with E-state index in [1.807, 2.05) is 37.3 Å². The lowest BCUT2D eigenvalue weighted by Gasteiger charge is -2.54. The maximum atomic E-state index is 13.6. The molecule has 2 aromatic rings. The SMILES string of the molecule is C[C@@H]1[C@@H](C)CCC[C@H](C2OCC(N3CCC3(C)C)CO2)[C@@H]2CC[C@H]2CN2CCCCc3cc(Cl)ccc3COc3ccc(cc32)C(=O)NS1(=O)=O. The molecule has 5 aliphatic rings. The van der Waals surface area contributed by atoms with E-state index in [1.54, 1.807) is 13.0 Å². The predicted octanol–water partition coefficient (Wildman–Crippen LogP) is 7.20. The summed E-state index contributed by atoms with van der Waals surface area (Å²) in [6.07, 6.45) is 8.57. The van der Waals surface area contributed by atoms with Crippen LogP contribution in [-0.4, -0.2) is 75.2 Å². The Labute approximate surface area is 309 Å². The fourth-order valence-corrected chi connectivity index (χ4v) is 10.6. The van der Waals surface area contributed by atoms with Gasteiger partial charge in [0, 0.05) is 41.7 Å². The molecule has 1 saturated carbocycles. The largest absolute Gasteiger partial charge is 0.487 e. The molecule has 0 unspecified atom stereocenters. The molecule has 4 heterocycles. The standard InChI is InChI=1S/C40H56ClN3O6S/c1-26-8-7-10-35(39-49-24-33(25-50-39)44-19-17-40(44,3)4)34-15-12-30(34)22-43-18-6-5-9-28-20-32(41)14-11-31(28)23-48-37-16-13-29(21-36(37)43)38(45)42-51(46,47)27(26)2/h11,13-14,16,20-21,26-27,30,33-35,39H,5-10,12,15,17-19,22-25H2,1-4H3,(H,42,45)/t26-,27+,30-,33?,34+,35-,39?/m0/s1. The van der Waals surface area contributed by atoms with Gasteiger partial charge in [-0.2, -0.15) is 0 Å². The number of sulfonamides is 1. The number of amides is 1. The Bertz CT molecular complexity index is 1680. The molecule has 4 aliphatic heterocycles. The number of anilines is 1. The third-order valence-corrected chi connectivity index (χ3v) is 15.0. The van der Waals surface area contributed by atoms with Crippen LogP contribution in [0.1, 0.15) is 101 Å². The fraction of sp³-hybridized carbons (Fsp3) is 0.675. The van der Waals surface area contributed by atoms with Crippen molar-refractivity contribution in [2.24, 2.45) is 23.7 Å². The first-order chi connectivity index (χ1) is 24.4. The minimum atomic E-state index is -3.91. The number of hydrogen-bond acceptors (Lipinski definition) is 8. The quantitative estimate of drug-likeness (QED) is 0.346. The number of rotatable bonds is 2. The molecular weight excluding hydrogens is 686 g/mol. The Morgan fingerprint density at radius 2 is 1.71 bits per heavy atom. The van der Waals surface area contributed by atoms with Crippen LogP contribution in [0.2, 0.25) is 5.02 Å². The second kappa shape index (κ2) is 15.2. The van der Waals surface area contributed by atoms with Gasteiger partial charge < -0.3 is 19.1 Å². The van der Waals surface area contributed by atoms with E-state index in [0.717, 1.165) is 87.3 Å². The minimum absolute atomic E-state index is 0.124. The molecule has 0 aromatic heterocycles. The van der Waals surface area contributed by atoms with E-state index in [0.29, 0.717) is 43.0 Å². The van der Waals surface area contributed by atoms with Crippen LogP contribution in [0.4, 0.5) is 5.69 Å². The highest BCUT2D eigenvalue weighted by molar-refractivity contribution is 7.90. The molecule has 0 spiro atoms. The summed E-state index contributed by atoms with van der Waals surface area (Å²) in [5.74, 6) is 1.05. The lowest BCUT2D eigenvalue weighted by atomic mass is 9.65. The summed E-state index contributed by atoms with van der Waals surface area (Å²) < 4.78 is 49.2. The van der Waals surface area contributed by atoms with Crippen LogP contribution in [0, 0.1) is 23.7 Å². The van der Waals surface area contributed by atoms with Crippen molar-refractivity contribution in [1.82, 2.24) is 9.62 Å². The van der Waals surface area contributed by atoms with Crippen LogP contribution < -0.4 is 14.4 Å². The van der Waals surface area contributed by atoms with E-state index >= 15 is 0 Å². The topological polar surface area (TPSA) is 97.4 Å². The third kappa shape index (κ3) is 7.96. The first-order valence-electron chi connectivity index (χ1n) is 19.2. The molecule has 280 valence electrons. The van der Waals surface area contributed by atoms with E-state index < -0.39 is 21.2 Å². The molecule has 0 radical (unpaired) electrons. The molecule has 7 rings (SSSR count). The molecular formula is C40H56ClN3O6S. The number of hydrogen-bond donors (Lipinski definition) is 1. The zero-order valence-corrected chi connectivity index (χ0v) is 32.3. The van der Waals surface area contributed by atoms with Gasteiger partial charge in [0.05, 0.1) is 30.2 Å². The van der Waals surface area contributed by atoms with Gasteiger partial charge in [0.25, 0.3) is 5.91 Å². The fourth-order valence-electron chi connectivity index (χ4n) is 9.10. The van der Waals surface area contributed by atoms with E-state index in [9.17, 15) is 13.2 Å². The summed E-state index contributed by atoms with van der Waals surface area (Å²) in [5.41, 5.74) is 3.63. The van der Waals surface area contributed by atoms with Crippen LogP contribution in [0.3, 0.4) is 0 Å². The predicted molar refractivity (Wildman–Crippen MR) is 201 cm³/mol. The van der Waals surface area contributed by atoms with Crippen LogP contribution in [0.15, 0.2) is 36.4 Å². The van der Waals surface area contributed by atoms with Gasteiger partial charge in [-0.15, -0.1) is 0 Å². The van der Waals surface area contributed by atoms with E-state index in [2.05, 4.69) is 28.4 Å². The summed E-state index contributed by atoms with van der Waals surface area (Å²) in [4.78, 5) is 18.5. The normalized spacial score (nSPS) is 33.2. The minimum Gasteiger partial charge on any atom is -0.487 e. The van der Waals surface area contributed by atoms with E-state index in [-0.39, 0.29) is 29.7 Å². The smallest absolute Gasteiger partial charge is 0.264 e. The van der Waals surface area contributed by atoms with Gasteiger partial charge in [0.15, 0.2) is 6.29 Å². The monoisotopic (exact) mass is 741 g/mol. The Hall–Kier alpha value is -2.37.